The van der Waals surface area contributed by atoms with E-state index in [9.17, 15) is 13.9 Å². The van der Waals surface area contributed by atoms with Crippen molar-refractivity contribution >= 4 is 11.6 Å². The summed E-state index contributed by atoms with van der Waals surface area (Å²) in [6.07, 6.45) is -0.873. The molecule has 2 aromatic rings. The Morgan fingerprint density at radius 2 is 1.95 bits per heavy atom. The maximum Gasteiger partial charge on any atom is 0.129 e. The first kappa shape index (κ1) is 14.0. The van der Waals surface area contributed by atoms with Gasteiger partial charge in [-0.2, -0.15) is 0 Å². The number of halogens is 3. The van der Waals surface area contributed by atoms with E-state index in [0.29, 0.717) is 10.6 Å². The topological polar surface area (TPSA) is 20.2 Å². The minimum Gasteiger partial charge on any atom is -0.388 e. The molecule has 0 amide bonds. The van der Waals surface area contributed by atoms with Gasteiger partial charge >= 0.3 is 0 Å². The van der Waals surface area contributed by atoms with Crippen LogP contribution in [0.2, 0.25) is 5.02 Å². The molecule has 0 fully saturated rings. The van der Waals surface area contributed by atoms with Crippen molar-refractivity contribution in [2.75, 3.05) is 0 Å². The predicted molar refractivity (Wildman–Crippen MR) is 71.2 cm³/mol. The SMILES string of the molecule is Cc1cccc(C(O)Cc2ccc(F)cc2F)c1Cl. The van der Waals surface area contributed by atoms with Crippen LogP contribution in [-0.4, -0.2) is 5.11 Å². The van der Waals surface area contributed by atoms with E-state index >= 15 is 0 Å². The lowest BCUT2D eigenvalue weighted by Crippen LogP contribution is -2.05. The number of aryl methyl sites for hydroxylation is 1. The second-order valence-electron chi connectivity index (χ2n) is 4.43. The molecule has 0 aromatic heterocycles. The molecule has 1 unspecified atom stereocenters. The minimum atomic E-state index is -0.924. The summed E-state index contributed by atoms with van der Waals surface area (Å²) < 4.78 is 26.3. The third kappa shape index (κ3) is 3.11. The number of hydrogen-bond donors (Lipinski definition) is 1. The molecule has 1 nitrogen and oxygen atoms in total. The Balaban J connectivity index is 2.25. The standard InChI is InChI=1S/C15H13ClF2O/c1-9-3-2-4-12(15(9)16)14(19)7-10-5-6-11(17)8-13(10)18/h2-6,8,14,19H,7H2,1H3. The van der Waals surface area contributed by atoms with Crippen molar-refractivity contribution in [3.05, 3.63) is 69.7 Å². The van der Waals surface area contributed by atoms with Crippen LogP contribution in [0.5, 0.6) is 0 Å². The lowest BCUT2D eigenvalue weighted by atomic mass is 9.99. The summed E-state index contributed by atoms with van der Waals surface area (Å²) >= 11 is 6.11. The molecule has 2 rings (SSSR count). The van der Waals surface area contributed by atoms with Crippen LogP contribution in [0.4, 0.5) is 8.78 Å². The van der Waals surface area contributed by atoms with E-state index < -0.39 is 17.7 Å². The van der Waals surface area contributed by atoms with Gasteiger partial charge in [-0.1, -0.05) is 35.9 Å². The van der Waals surface area contributed by atoms with Crippen molar-refractivity contribution in [2.24, 2.45) is 0 Å². The Kier molecular flexibility index (Phi) is 4.17. The second kappa shape index (κ2) is 5.68. The van der Waals surface area contributed by atoms with Crippen LogP contribution in [-0.2, 0) is 6.42 Å². The van der Waals surface area contributed by atoms with Gasteiger partial charge < -0.3 is 5.11 Å². The number of rotatable bonds is 3. The second-order valence-corrected chi connectivity index (χ2v) is 4.81. The zero-order valence-electron chi connectivity index (χ0n) is 10.3. The monoisotopic (exact) mass is 282 g/mol. The summed E-state index contributed by atoms with van der Waals surface area (Å²) in [4.78, 5) is 0. The van der Waals surface area contributed by atoms with Gasteiger partial charge in [-0.05, 0) is 29.7 Å². The molecule has 0 spiro atoms. The molecule has 19 heavy (non-hydrogen) atoms. The zero-order valence-corrected chi connectivity index (χ0v) is 11.1. The summed E-state index contributed by atoms with van der Waals surface area (Å²) in [5, 5.41) is 10.6. The first-order chi connectivity index (χ1) is 8.99. The molecular weight excluding hydrogens is 270 g/mol. The van der Waals surface area contributed by atoms with E-state index in [0.717, 1.165) is 11.6 Å². The molecule has 1 atom stereocenters. The number of benzene rings is 2. The smallest absolute Gasteiger partial charge is 0.129 e. The molecular formula is C15H13ClF2O. The maximum absolute atomic E-state index is 13.5. The normalized spacial score (nSPS) is 12.5. The van der Waals surface area contributed by atoms with Gasteiger partial charge in [0.05, 0.1) is 6.10 Å². The molecule has 1 N–H and O–H groups in total. The van der Waals surface area contributed by atoms with Gasteiger partial charge in [0, 0.05) is 17.5 Å². The van der Waals surface area contributed by atoms with Crippen LogP contribution in [0.3, 0.4) is 0 Å². The lowest BCUT2D eigenvalue weighted by Gasteiger charge is -2.14. The fourth-order valence-electron chi connectivity index (χ4n) is 1.93. The fraction of sp³-hybridized carbons (Fsp3) is 0.200. The van der Waals surface area contributed by atoms with Crippen molar-refractivity contribution in [3.63, 3.8) is 0 Å². The van der Waals surface area contributed by atoms with Crippen LogP contribution in [0, 0.1) is 18.6 Å². The fourth-order valence-corrected chi connectivity index (χ4v) is 2.18. The molecule has 0 aliphatic heterocycles. The molecule has 0 bridgehead atoms. The Bertz CT molecular complexity index is 599. The molecule has 2 aromatic carbocycles. The van der Waals surface area contributed by atoms with E-state index in [1.54, 1.807) is 12.1 Å². The Hall–Kier alpha value is -1.45. The van der Waals surface area contributed by atoms with Crippen LogP contribution < -0.4 is 0 Å². The zero-order chi connectivity index (χ0) is 14.0. The number of aliphatic hydroxyl groups is 1. The van der Waals surface area contributed by atoms with Gasteiger partial charge in [0.15, 0.2) is 0 Å². The third-order valence-corrected chi connectivity index (χ3v) is 3.53. The summed E-state index contributed by atoms with van der Waals surface area (Å²) in [7, 11) is 0. The lowest BCUT2D eigenvalue weighted by molar-refractivity contribution is 0.177. The van der Waals surface area contributed by atoms with Crippen LogP contribution in [0.1, 0.15) is 22.8 Å². The molecule has 0 heterocycles. The van der Waals surface area contributed by atoms with Crippen molar-refractivity contribution in [2.45, 2.75) is 19.4 Å². The van der Waals surface area contributed by atoms with Gasteiger partial charge in [-0.15, -0.1) is 0 Å². The highest BCUT2D eigenvalue weighted by Gasteiger charge is 2.15. The van der Waals surface area contributed by atoms with E-state index in [-0.39, 0.29) is 12.0 Å². The molecule has 0 saturated carbocycles. The molecule has 0 saturated heterocycles. The maximum atomic E-state index is 13.5. The van der Waals surface area contributed by atoms with Crippen molar-refractivity contribution in [3.8, 4) is 0 Å². The summed E-state index contributed by atoms with van der Waals surface area (Å²) in [5.74, 6) is -1.30. The minimum absolute atomic E-state index is 0.0509. The predicted octanol–water partition coefficient (Wildman–Crippen LogP) is 4.20. The average Bonchev–Trinajstić information content (AvgIpc) is 2.36. The number of aliphatic hydroxyl groups excluding tert-OH is 1. The van der Waals surface area contributed by atoms with Gasteiger partial charge in [-0.3, -0.25) is 0 Å². The Morgan fingerprint density at radius 1 is 1.21 bits per heavy atom. The van der Waals surface area contributed by atoms with Crippen LogP contribution in [0.15, 0.2) is 36.4 Å². The van der Waals surface area contributed by atoms with E-state index in [2.05, 4.69) is 0 Å². The first-order valence-electron chi connectivity index (χ1n) is 5.86. The van der Waals surface area contributed by atoms with Gasteiger partial charge in [0.25, 0.3) is 0 Å². The summed E-state index contributed by atoms with van der Waals surface area (Å²) in [6, 6.07) is 8.61. The average molecular weight is 283 g/mol. The van der Waals surface area contributed by atoms with E-state index in [1.807, 2.05) is 13.0 Å². The van der Waals surface area contributed by atoms with Crippen molar-refractivity contribution in [1.29, 1.82) is 0 Å². The highest BCUT2D eigenvalue weighted by Crippen LogP contribution is 2.28. The molecule has 0 radical (unpaired) electrons. The van der Waals surface area contributed by atoms with Crippen LogP contribution in [0.25, 0.3) is 0 Å². The molecule has 4 heteroatoms. The highest BCUT2D eigenvalue weighted by molar-refractivity contribution is 6.32. The third-order valence-electron chi connectivity index (χ3n) is 3.01. The number of hydrogen-bond acceptors (Lipinski definition) is 1. The first-order valence-corrected chi connectivity index (χ1v) is 6.24. The van der Waals surface area contributed by atoms with E-state index in [1.165, 1.54) is 12.1 Å². The molecule has 100 valence electrons. The van der Waals surface area contributed by atoms with Crippen molar-refractivity contribution in [1.82, 2.24) is 0 Å². The van der Waals surface area contributed by atoms with Crippen LogP contribution >= 0.6 is 11.6 Å². The van der Waals surface area contributed by atoms with Crippen molar-refractivity contribution < 1.29 is 13.9 Å². The largest absolute Gasteiger partial charge is 0.388 e. The highest BCUT2D eigenvalue weighted by atomic mass is 35.5. The summed E-state index contributed by atoms with van der Waals surface area (Å²) in [5.41, 5.74) is 1.65. The Labute approximate surface area is 115 Å². The van der Waals surface area contributed by atoms with Gasteiger partial charge in [0.2, 0.25) is 0 Å². The molecule has 0 aliphatic rings. The van der Waals surface area contributed by atoms with Gasteiger partial charge in [-0.25, -0.2) is 8.78 Å². The Morgan fingerprint density at radius 3 is 2.63 bits per heavy atom. The molecule has 0 aliphatic carbocycles. The quantitative estimate of drug-likeness (QED) is 0.894. The summed E-state index contributed by atoms with van der Waals surface area (Å²) in [6.45, 7) is 1.83. The van der Waals surface area contributed by atoms with Gasteiger partial charge in [0.1, 0.15) is 11.6 Å². The van der Waals surface area contributed by atoms with E-state index in [4.69, 9.17) is 11.6 Å².